The molecule has 0 radical (unpaired) electrons. The Balaban J connectivity index is 1.64. The fourth-order valence-corrected chi connectivity index (χ4v) is 3.77. The summed E-state index contributed by atoms with van der Waals surface area (Å²) in [6.07, 6.45) is 15.1. The first-order valence-electron chi connectivity index (χ1n) is 9.56. The van der Waals surface area contributed by atoms with E-state index in [1.807, 2.05) is 18.3 Å². The van der Waals surface area contributed by atoms with Gasteiger partial charge in [-0.1, -0.05) is 35.9 Å². The van der Waals surface area contributed by atoms with Crippen molar-refractivity contribution in [1.82, 2.24) is 15.2 Å². The molecule has 2 aliphatic rings. The highest BCUT2D eigenvalue weighted by atomic mass is 35.5. The van der Waals surface area contributed by atoms with Crippen molar-refractivity contribution in [3.8, 4) is 0 Å². The summed E-state index contributed by atoms with van der Waals surface area (Å²) in [4.78, 5) is 6.93. The number of hydrogen-bond acceptors (Lipinski definition) is 4. The summed E-state index contributed by atoms with van der Waals surface area (Å²) in [6, 6.07) is 4.25. The van der Waals surface area contributed by atoms with Crippen LogP contribution in [0.4, 0.5) is 0 Å². The average molecular weight is 373 g/mol. The lowest BCUT2D eigenvalue weighted by Crippen LogP contribution is -2.45. The standard InChI is InChI=1S/C21H29ClN4/c22-20-9-6-11-24-21(20)16-26(12-5-4-10-23)15-19-13-17-7-2-1-3-8-18(17)14-25-19/h1-2,6-9,11,19,25H,3-5,10,12-16,23H2. The minimum atomic E-state index is 0.449. The lowest BCUT2D eigenvalue weighted by atomic mass is 9.93. The van der Waals surface area contributed by atoms with Crippen LogP contribution in [-0.4, -0.2) is 42.1 Å². The van der Waals surface area contributed by atoms with E-state index < -0.39 is 0 Å². The number of pyridine rings is 1. The molecule has 0 bridgehead atoms. The van der Waals surface area contributed by atoms with Crippen LogP contribution in [0.15, 0.2) is 53.8 Å². The molecule has 1 unspecified atom stereocenters. The van der Waals surface area contributed by atoms with Crippen LogP contribution in [-0.2, 0) is 6.54 Å². The average Bonchev–Trinajstić information content (AvgIpc) is 2.88. The van der Waals surface area contributed by atoms with Gasteiger partial charge in [-0.2, -0.15) is 0 Å². The van der Waals surface area contributed by atoms with Crippen molar-refractivity contribution in [3.63, 3.8) is 0 Å². The third kappa shape index (κ3) is 5.52. The van der Waals surface area contributed by atoms with Gasteiger partial charge in [-0.25, -0.2) is 0 Å². The first-order valence-corrected chi connectivity index (χ1v) is 9.94. The molecule has 4 nitrogen and oxygen atoms in total. The zero-order chi connectivity index (χ0) is 18.2. The third-order valence-electron chi connectivity index (χ3n) is 5.01. The van der Waals surface area contributed by atoms with Crippen LogP contribution in [0.5, 0.6) is 0 Å². The quantitative estimate of drug-likeness (QED) is 0.686. The topological polar surface area (TPSA) is 54.2 Å². The summed E-state index contributed by atoms with van der Waals surface area (Å²) >= 11 is 6.33. The Morgan fingerprint density at radius 1 is 1.31 bits per heavy atom. The summed E-state index contributed by atoms with van der Waals surface area (Å²) in [5, 5.41) is 4.46. The maximum absolute atomic E-state index is 6.33. The Morgan fingerprint density at radius 2 is 2.23 bits per heavy atom. The van der Waals surface area contributed by atoms with E-state index in [1.165, 1.54) is 11.1 Å². The molecule has 1 aliphatic carbocycles. The van der Waals surface area contributed by atoms with Gasteiger partial charge in [0.2, 0.25) is 0 Å². The van der Waals surface area contributed by atoms with Crippen LogP contribution >= 0.6 is 11.6 Å². The lowest BCUT2D eigenvalue weighted by Gasteiger charge is -2.33. The molecular formula is C21H29ClN4. The molecule has 2 heterocycles. The molecule has 1 saturated heterocycles. The SMILES string of the molecule is NCCCCN(Cc1ncccc1Cl)CC1CC2=CC=CCC=C2CN1. The summed E-state index contributed by atoms with van der Waals surface area (Å²) in [5.41, 5.74) is 9.56. The Labute approximate surface area is 161 Å². The predicted octanol–water partition coefficient (Wildman–Crippen LogP) is 3.45. The number of unbranched alkanes of at least 4 members (excludes halogenated alkanes) is 1. The van der Waals surface area contributed by atoms with Crippen molar-refractivity contribution in [2.45, 2.75) is 38.3 Å². The van der Waals surface area contributed by atoms with Gasteiger partial charge in [-0.3, -0.25) is 9.88 Å². The van der Waals surface area contributed by atoms with Crippen molar-refractivity contribution in [1.29, 1.82) is 0 Å². The number of allylic oxidation sites excluding steroid dienone is 4. The zero-order valence-corrected chi connectivity index (χ0v) is 16.1. The van der Waals surface area contributed by atoms with Gasteiger partial charge in [0.25, 0.3) is 0 Å². The van der Waals surface area contributed by atoms with Gasteiger partial charge >= 0.3 is 0 Å². The molecule has 1 fully saturated rings. The van der Waals surface area contributed by atoms with Crippen LogP contribution < -0.4 is 11.1 Å². The Hall–Kier alpha value is -1.46. The van der Waals surface area contributed by atoms with Gasteiger partial charge in [-0.15, -0.1) is 0 Å². The molecular weight excluding hydrogens is 344 g/mol. The zero-order valence-electron chi connectivity index (χ0n) is 15.3. The third-order valence-corrected chi connectivity index (χ3v) is 5.35. The van der Waals surface area contributed by atoms with Crippen LogP contribution in [0, 0.1) is 0 Å². The van der Waals surface area contributed by atoms with Crippen LogP contribution in [0.3, 0.4) is 0 Å². The number of aromatic nitrogens is 1. The van der Waals surface area contributed by atoms with Crippen molar-refractivity contribution >= 4 is 11.6 Å². The molecule has 0 aromatic carbocycles. The molecule has 1 aliphatic heterocycles. The number of halogens is 1. The molecule has 140 valence electrons. The summed E-state index contributed by atoms with van der Waals surface area (Å²) in [6.45, 7) is 4.49. The minimum Gasteiger partial charge on any atom is -0.330 e. The fraction of sp³-hybridized carbons (Fsp3) is 0.476. The van der Waals surface area contributed by atoms with E-state index in [0.717, 1.165) is 69.1 Å². The highest BCUT2D eigenvalue weighted by Gasteiger charge is 2.23. The smallest absolute Gasteiger partial charge is 0.0729 e. The first kappa shape index (κ1) is 19.3. The highest BCUT2D eigenvalue weighted by molar-refractivity contribution is 6.31. The number of hydrogen-bond donors (Lipinski definition) is 2. The molecule has 3 rings (SSSR count). The summed E-state index contributed by atoms with van der Waals surface area (Å²) < 4.78 is 0. The number of fused-ring (bicyclic) bond motifs is 1. The molecule has 1 aromatic heterocycles. The maximum atomic E-state index is 6.33. The number of rotatable bonds is 8. The van der Waals surface area contributed by atoms with Crippen molar-refractivity contribution in [3.05, 3.63) is 64.5 Å². The summed E-state index contributed by atoms with van der Waals surface area (Å²) in [7, 11) is 0. The van der Waals surface area contributed by atoms with Gasteiger partial charge in [0.05, 0.1) is 10.7 Å². The Bertz CT molecular complexity index is 680. The molecule has 0 spiro atoms. The minimum absolute atomic E-state index is 0.449. The molecule has 1 aromatic rings. The van der Waals surface area contributed by atoms with E-state index in [4.69, 9.17) is 17.3 Å². The molecule has 0 saturated carbocycles. The van der Waals surface area contributed by atoms with Gasteiger partial charge in [0, 0.05) is 31.9 Å². The van der Waals surface area contributed by atoms with Gasteiger partial charge in [0.15, 0.2) is 0 Å². The van der Waals surface area contributed by atoms with Gasteiger partial charge < -0.3 is 11.1 Å². The fourth-order valence-electron chi connectivity index (χ4n) is 3.59. The van der Waals surface area contributed by atoms with E-state index in [-0.39, 0.29) is 0 Å². The van der Waals surface area contributed by atoms with Crippen LogP contribution in [0.25, 0.3) is 0 Å². The number of nitrogens with zero attached hydrogens (tertiary/aromatic N) is 2. The second-order valence-electron chi connectivity index (χ2n) is 7.03. The van der Waals surface area contributed by atoms with Crippen LogP contribution in [0.2, 0.25) is 5.02 Å². The van der Waals surface area contributed by atoms with Gasteiger partial charge in [-0.05, 0) is 62.1 Å². The summed E-state index contributed by atoms with van der Waals surface area (Å²) in [5.74, 6) is 0. The van der Waals surface area contributed by atoms with E-state index in [2.05, 4.69) is 39.5 Å². The van der Waals surface area contributed by atoms with Crippen molar-refractivity contribution in [2.24, 2.45) is 5.73 Å². The van der Waals surface area contributed by atoms with Crippen molar-refractivity contribution in [2.75, 3.05) is 26.2 Å². The first-order chi connectivity index (χ1) is 12.8. The van der Waals surface area contributed by atoms with Crippen LogP contribution in [0.1, 0.15) is 31.4 Å². The number of nitrogens with two attached hydrogens (primary N) is 1. The molecule has 1 atom stereocenters. The Kier molecular flexibility index (Phi) is 7.44. The molecule has 26 heavy (non-hydrogen) atoms. The van der Waals surface area contributed by atoms with E-state index in [1.54, 1.807) is 0 Å². The lowest BCUT2D eigenvalue weighted by molar-refractivity contribution is 0.225. The Morgan fingerprint density at radius 3 is 3.08 bits per heavy atom. The van der Waals surface area contributed by atoms with E-state index in [0.29, 0.717) is 6.04 Å². The van der Waals surface area contributed by atoms with Gasteiger partial charge in [0.1, 0.15) is 0 Å². The second-order valence-corrected chi connectivity index (χ2v) is 7.44. The number of nitrogens with one attached hydrogen (secondary N) is 1. The van der Waals surface area contributed by atoms with E-state index >= 15 is 0 Å². The normalized spacial score (nSPS) is 19.7. The predicted molar refractivity (Wildman–Crippen MR) is 109 cm³/mol. The molecule has 5 heteroatoms. The monoisotopic (exact) mass is 372 g/mol. The second kappa shape index (κ2) is 10.0. The highest BCUT2D eigenvalue weighted by Crippen LogP contribution is 2.24. The number of piperidine rings is 1. The van der Waals surface area contributed by atoms with E-state index in [9.17, 15) is 0 Å². The maximum Gasteiger partial charge on any atom is 0.0729 e. The largest absolute Gasteiger partial charge is 0.330 e. The van der Waals surface area contributed by atoms with Crippen molar-refractivity contribution < 1.29 is 0 Å². The molecule has 3 N–H and O–H groups in total. The molecule has 0 amide bonds.